The summed E-state index contributed by atoms with van der Waals surface area (Å²) < 4.78 is 0. The van der Waals surface area contributed by atoms with Crippen molar-refractivity contribution in [2.24, 2.45) is 0 Å². The Labute approximate surface area is 144 Å². The lowest BCUT2D eigenvalue weighted by atomic mass is 10.0. The molecule has 4 rings (SSSR count). The number of hydrogen-bond donors (Lipinski definition) is 2. The van der Waals surface area contributed by atoms with Crippen molar-refractivity contribution in [3.05, 3.63) is 37.4 Å². The van der Waals surface area contributed by atoms with Crippen LogP contribution >= 0.6 is 0 Å². The van der Waals surface area contributed by atoms with Crippen LogP contribution in [0.1, 0.15) is 11.1 Å². The van der Waals surface area contributed by atoms with Crippen molar-refractivity contribution in [1.29, 1.82) is 0 Å². The summed E-state index contributed by atoms with van der Waals surface area (Å²) in [5, 5.41) is 35.2. The van der Waals surface area contributed by atoms with Crippen LogP contribution in [-0.2, 0) is 6.61 Å². The molecule has 25 heavy (non-hydrogen) atoms. The van der Waals surface area contributed by atoms with Crippen LogP contribution in [-0.4, -0.2) is 70.1 Å². The van der Waals surface area contributed by atoms with Crippen LogP contribution in [0.3, 0.4) is 0 Å². The Kier molecular flexibility index (Phi) is 4.84. The van der Waals surface area contributed by atoms with Crippen molar-refractivity contribution < 1.29 is 15.0 Å². The molecule has 10 heteroatoms. The summed E-state index contributed by atoms with van der Waals surface area (Å²) in [6.45, 7) is 6.17. The maximum absolute atomic E-state index is 11.5. The average Bonchev–Trinajstić information content (AvgIpc) is 2.60. The Bertz CT molecular complexity index is 702. The number of hydrogen-bond acceptors (Lipinski definition) is 8. The molecule has 136 valence electrons. The van der Waals surface area contributed by atoms with Gasteiger partial charge in [0.15, 0.2) is 5.69 Å². The van der Waals surface area contributed by atoms with E-state index in [1.165, 1.54) is 13.0 Å². The Balaban J connectivity index is 1.92. The summed E-state index contributed by atoms with van der Waals surface area (Å²) in [5.41, 5.74) is -0.361. The predicted molar refractivity (Wildman–Crippen MR) is 90.7 cm³/mol. The lowest BCUT2D eigenvalue weighted by molar-refractivity contribution is -0.392. The van der Waals surface area contributed by atoms with E-state index in [0.29, 0.717) is 6.54 Å². The highest BCUT2D eigenvalue weighted by Crippen LogP contribution is 2.39. The lowest BCUT2D eigenvalue weighted by Gasteiger charge is -2.47. The molecule has 3 aliphatic rings. The molecule has 0 spiro atoms. The van der Waals surface area contributed by atoms with Crippen LogP contribution in [0.15, 0.2) is 6.07 Å². The van der Waals surface area contributed by atoms with E-state index in [1.807, 2.05) is 0 Å². The fourth-order valence-electron chi connectivity index (χ4n) is 3.66. The van der Waals surface area contributed by atoms with Gasteiger partial charge in [-0.3, -0.25) is 30.0 Å². The first-order valence-corrected chi connectivity index (χ1v) is 8.18. The van der Waals surface area contributed by atoms with Gasteiger partial charge < -0.3 is 10.4 Å². The SMILES string of the molecule is Cc1c(CO)cc([N+](=O)[O-])c(NCC2CN3CCN2CC3)c1[N+](=O)[O-]. The maximum Gasteiger partial charge on any atom is 0.302 e. The normalized spacial score (nSPS) is 25.0. The predicted octanol–water partition coefficient (Wildman–Crippen LogP) is 0.715. The molecule has 1 aromatic rings. The second-order valence-corrected chi connectivity index (χ2v) is 6.45. The van der Waals surface area contributed by atoms with Crippen molar-refractivity contribution in [2.75, 3.05) is 44.6 Å². The minimum atomic E-state index is -0.648. The minimum absolute atomic E-state index is 0.0812. The molecule has 10 nitrogen and oxygen atoms in total. The van der Waals surface area contributed by atoms with Gasteiger partial charge in [0.2, 0.25) is 0 Å². The number of nitrogens with one attached hydrogen (secondary N) is 1. The van der Waals surface area contributed by atoms with Crippen molar-refractivity contribution in [3.63, 3.8) is 0 Å². The molecule has 0 amide bonds. The third-order valence-corrected chi connectivity index (χ3v) is 5.10. The molecule has 3 saturated heterocycles. The van der Waals surface area contributed by atoms with Gasteiger partial charge in [-0.15, -0.1) is 0 Å². The molecular weight excluding hydrogens is 330 g/mol. The Morgan fingerprint density at radius 1 is 1.24 bits per heavy atom. The number of anilines is 1. The van der Waals surface area contributed by atoms with E-state index in [0.717, 1.165) is 32.7 Å². The zero-order valence-electron chi connectivity index (χ0n) is 14.0. The van der Waals surface area contributed by atoms with E-state index in [1.54, 1.807) is 0 Å². The first-order valence-electron chi connectivity index (χ1n) is 8.18. The Morgan fingerprint density at radius 3 is 2.40 bits per heavy atom. The lowest BCUT2D eigenvalue weighted by Crippen LogP contribution is -2.62. The van der Waals surface area contributed by atoms with Crippen LogP contribution in [0.4, 0.5) is 17.1 Å². The summed E-state index contributed by atoms with van der Waals surface area (Å²) in [5.74, 6) is 0. The summed E-state index contributed by atoms with van der Waals surface area (Å²) in [7, 11) is 0. The van der Waals surface area contributed by atoms with E-state index in [-0.39, 0.29) is 34.2 Å². The van der Waals surface area contributed by atoms with Gasteiger partial charge >= 0.3 is 5.69 Å². The number of nitro benzene ring substituents is 2. The third-order valence-electron chi connectivity index (χ3n) is 5.10. The largest absolute Gasteiger partial charge is 0.392 e. The average molecular weight is 351 g/mol. The highest BCUT2D eigenvalue weighted by molar-refractivity contribution is 5.77. The molecule has 0 aliphatic carbocycles. The van der Waals surface area contributed by atoms with Crippen molar-refractivity contribution >= 4 is 17.1 Å². The molecule has 1 atom stereocenters. The molecule has 0 saturated carbocycles. The molecule has 0 aromatic heterocycles. The Hall–Kier alpha value is -2.30. The second kappa shape index (κ2) is 6.90. The fraction of sp³-hybridized carbons (Fsp3) is 0.600. The number of aliphatic hydroxyl groups is 1. The van der Waals surface area contributed by atoms with Crippen LogP contribution in [0.5, 0.6) is 0 Å². The standard InChI is InChI=1S/C15H21N5O5/c1-10-11(9-21)6-13(19(22)23)14(15(10)20(24)25)16-7-12-8-17-2-4-18(12)5-3-17/h6,12,16,21H,2-5,7-9H2,1H3. The van der Waals surface area contributed by atoms with Gasteiger partial charge in [-0.1, -0.05) is 0 Å². The zero-order valence-corrected chi connectivity index (χ0v) is 14.0. The summed E-state index contributed by atoms with van der Waals surface area (Å²) in [4.78, 5) is 26.3. The monoisotopic (exact) mass is 351 g/mol. The molecule has 2 bridgehead atoms. The fourth-order valence-corrected chi connectivity index (χ4v) is 3.66. The molecule has 1 aromatic carbocycles. The van der Waals surface area contributed by atoms with E-state index < -0.39 is 16.5 Å². The van der Waals surface area contributed by atoms with Crippen molar-refractivity contribution in [1.82, 2.24) is 9.80 Å². The smallest absolute Gasteiger partial charge is 0.302 e. The third kappa shape index (κ3) is 3.28. The van der Waals surface area contributed by atoms with Crippen LogP contribution in [0.2, 0.25) is 0 Å². The van der Waals surface area contributed by atoms with Crippen molar-refractivity contribution in [2.45, 2.75) is 19.6 Å². The highest BCUT2D eigenvalue weighted by atomic mass is 16.6. The number of aliphatic hydroxyl groups excluding tert-OH is 1. The van der Waals surface area contributed by atoms with E-state index in [4.69, 9.17) is 0 Å². The molecule has 3 heterocycles. The molecule has 3 aliphatic heterocycles. The molecule has 0 radical (unpaired) electrons. The van der Waals surface area contributed by atoms with Gasteiger partial charge in [0.25, 0.3) is 5.69 Å². The van der Waals surface area contributed by atoms with Gasteiger partial charge in [-0.2, -0.15) is 0 Å². The van der Waals surface area contributed by atoms with Crippen LogP contribution < -0.4 is 5.32 Å². The van der Waals surface area contributed by atoms with Gasteiger partial charge in [0.1, 0.15) is 0 Å². The number of fused-ring (bicyclic) bond motifs is 3. The quantitative estimate of drug-likeness (QED) is 0.567. The van der Waals surface area contributed by atoms with Gasteiger partial charge in [-0.05, 0) is 12.5 Å². The van der Waals surface area contributed by atoms with E-state index in [2.05, 4.69) is 15.1 Å². The zero-order chi connectivity index (χ0) is 18.1. The molecular formula is C15H21N5O5. The van der Waals surface area contributed by atoms with Crippen molar-refractivity contribution in [3.8, 4) is 0 Å². The van der Waals surface area contributed by atoms with Crippen LogP contribution in [0, 0.1) is 27.2 Å². The molecule has 1 unspecified atom stereocenters. The number of piperazine rings is 3. The molecule has 2 N–H and O–H groups in total. The van der Waals surface area contributed by atoms with Crippen LogP contribution in [0.25, 0.3) is 0 Å². The molecule has 3 fully saturated rings. The number of nitrogens with zero attached hydrogens (tertiary/aromatic N) is 4. The first kappa shape index (κ1) is 17.5. The van der Waals surface area contributed by atoms with Gasteiger partial charge in [0.05, 0.1) is 16.5 Å². The summed E-state index contributed by atoms with van der Waals surface area (Å²) in [6.07, 6.45) is 0. The van der Waals surface area contributed by atoms with Gasteiger partial charge in [-0.25, -0.2) is 0 Å². The number of nitro groups is 2. The summed E-state index contributed by atoms with van der Waals surface area (Å²) in [6, 6.07) is 1.38. The number of benzene rings is 1. The second-order valence-electron chi connectivity index (χ2n) is 6.45. The minimum Gasteiger partial charge on any atom is -0.392 e. The topological polar surface area (TPSA) is 125 Å². The van der Waals surface area contributed by atoms with E-state index >= 15 is 0 Å². The van der Waals surface area contributed by atoms with E-state index in [9.17, 15) is 25.3 Å². The number of rotatable bonds is 6. The maximum atomic E-state index is 11.5. The Morgan fingerprint density at radius 2 is 1.92 bits per heavy atom. The first-order chi connectivity index (χ1) is 11.9. The van der Waals surface area contributed by atoms with Gasteiger partial charge in [0, 0.05) is 56.9 Å². The highest BCUT2D eigenvalue weighted by Gasteiger charge is 2.34. The summed E-state index contributed by atoms with van der Waals surface area (Å²) >= 11 is 0.